The van der Waals surface area contributed by atoms with E-state index in [1.165, 1.54) is 0 Å². The molecule has 0 aliphatic carbocycles. The van der Waals surface area contributed by atoms with E-state index in [1.807, 2.05) is 0 Å². The number of aliphatic hydroxyl groups excluding tert-OH is 5. The number of hydrogen-bond acceptors (Lipinski definition) is 10. The summed E-state index contributed by atoms with van der Waals surface area (Å²) in [5, 5.41) is 48.1. The van der Waals surface area contributed by atoms with E-state index in [4.69, 9.17) is 30.8 Å². The van der Waals surface area contributed by atoms with Crippen LogP contribution in [0.25, 0.3) is 0 Å². The lowest BCUT2D eigenvalue weighted by atomic mass is 9.96. The topological polar surface area (TPSA) is 181 Å². The molecule has 0 amide bonds. The molecule has 10 heteroatoms. The standard InChI is InChI=1S/C12H24N2O8.CH4/c13-4-3-20-6(2-16)11(8(4)17)22-12-7(14)10(19)9(18)5(1-15)21-12;/h4-12,15-19H,1-3,13-14H2;1H4/t4?,5?,6?,7?,8-,9-,10-,11-,12-;/m0./s1. The molecule has 2 heterocycles. The summed E-state index contributed by atoms with van der Waals surface area (Å²) >= 11 is 0. The fraction of sp³-hybridized carbons (Fsp3) is 1.00. The largest absolute Gasteiger partial charge is 0.394 e. The van der Waals surface area contributed by atoms with Gasteiger partial charge < -0.3 is 51.2 Å². The Hall–Kier alpha value is -0.400. The first-order valence-electron chi connectivity index (χ1n) is 7.10. The van der Waals surface area contributed by atoms with Crippen LogP contribution in [0.15, 0.2) is 0 Å². The van der Waals surface area contributed by atoms with Crippen molar-refractivity contribution >= 4 is 0 Å². The maximum absolute atomic E-state index is 10.1. The normalized spacial score (nSPS) is 47.9. The van der Waals surface area contributed by atoms with E-state index < -0.39 is 68.2 Å². The minimum Gasteiger partial charge on any atom is -0.394 e. The van der Waals surface area contributed by atoms with Crippen LogP contribution in [0.5, 0.6) is 0 Å². The molecule has 2 aliphatic rings. The van der Waals surface area contributed by atoms with Crippen LogP contribution in [0.1, 0.15) is 7.43 Å². The minimum absolute atomic E-state index is 0. The number of nitrogens with two attached hydrogens (primary N) is 2. The predicted molar refractivity (Wildman–Crippen MR) is 78.1 cm³/mol. The van der Waals surface area contributed by atoms with Gasteiger partial charge in [-0.25, -0.2) is 0 Å². The zero-order valence-corrected chi connectivity index (χ0v) is 11.9. The molecular formula is C13H28N2O8. The minimum atomic E-state index is -1.38. The Morgan fingerprint density at radius 1 is 0.957 bits per heavy atom. The van der Waals surface area contributed by atoms with Gasteiger partial charge in [-0.1, -0.05) is 7.43 Å². The summed E-state index contributed by atoms with van der Waals surface area (Å²) in [4.78, 5) is 0. The first-order valence-corrected chi connectivity index (χ1v) is 7.10. The Balaban J connectivity index is 0.00000264. The van der Waals surface area contributed by atoms with Crippen LogP contribution in [-0.2, 0) is 14.2 Å². The molecule has 0 spiro atoms. The van der Waals surface area contributed by atoms with Crippen LogP contribution in [0.3, 0.4) is 0 Å². The molecular weight excluding hydrogens is 312 g/mol. The zero-order valence-electron chi connectivity index (χ0n) is 11.9. The van der Waals surface area contributed by atoms with Crippen molar-refractivity contribution in [2.75, 3.05) is 19.8 Å². The van der Waals surface area contributed by atoms with Gasteiger partial charge in [0.1, 0.15) is 36.6 Å². The van der Waals surface area contributed by atoms with Crippen molar-refractivity contribution in [1.82, 2.24) is 0 Å². The quantitative estimate of drug-likeness (QED) is 0.265. The van der Waals surface area contributed by atoms with E-state index in [1.54, 1.807) is 0 Å². The van der Waals surface area contributed by atoms with Gasteiger partial charge in [-0.05, 0) is 0 Å². The van der Waals surface area contributed by atoms with Gasteiger partial charge in [0.2, 0.25) is 0 Å². The van der Waals surface area contributed by atoms with Crippen molar-refractivity contribution in [2.24, 2.45) is 11.5 Å². The monoisotopic (exact) mass is 340 g/mol. The van der Waals surface area contributed by atoms with E-state index in [9.17, 15) is 20.4 Å². The molecule has 0 aromatic heterocycles. The lowest BCUT2D eigenvalue weighted by molar-refractivity contribution is -0.305. The molecule has 23 heavy (non-hydrogen) atoms. The Morgan fingerprint density at radius 2 is 1.57 bits per heavy atom. The second-order valence-electron chi connectivity index (χ2n) is 5.59. The van der Waals surface area contributed by atoms with Crippen LogP contribution in [0.2, 0.25) is 0 Å². The highest BCUT2D eigenvalue weighted by Gasteiger charge is 2.47. The molecule has 138 valence electrons. The lowest BCUT2D eigenvalue weighted by Crippen LogP contribution is -2.66. The van der Waals surface area contributed by atoms with E-state index in [0.717, 1.165) is 0 Å². The maximum Gasteiger partial charge on any atom is 0.176 e. The van der Waals surface area contributed by atoms with Gasteiger partial charge in [-0.15, -0.1) is 0 Å². The van der Waals surface area contributed by atoms with Crippen molar-refractivity contribution in [3.8, 4) is 0 Å². The summed E-state index contributed by atoms with van der Waals surface area (Å²) in [5.74, 6) is 0. The van der Waals surface area contributed by atoms with Crippen LogP contribution in [0.4, 0.5) is 0 Å². The summed E-state index contributed by atoms with van der Waals surface area (Å²) in [6.07, 6.45) is -8.00. The van der Waals surface area contributed by atoms with Gasteiger partial charge in [0.05, 0.1) is 31.9 Å². The molecule has 2 fully saturated rings. The molecule has 0 saturated carbocycles. The highest BCUT2D eigenvalue weighted by Crippen LogP contribution is 2.25. The van der Waals surface area contributed by atoms with E-state index in [-0.39, 0.29) is 14.0 Å². The average Bonchev–Trinajstić information content (AvgIpc) is 2.52. The van der Waals surface area contributed by atoms with Gasteiger partial charge in [0, 0.05) is 0 Å². The number of rotatable bonds is 4. The first kappa shape index (κ1) is 20.6. The van der Waals surface area contributed by atoms with Gasteiger partial charge in [-0.3, -0.25) is 0 Å². The van der Waals surface area contributed by atoms with Gasteiger partial charge in [0.15, 0.2) is 6.29 Å². The summed E-state index contributed by atoms with van der Waals surface area (Å²) in [6, 6.07) is -1.82. The fourth-order valence-corrected chi connectivity index (χ4v) is 2.60. The maximum atomic E-state index is 10.1. The first-order chi connectivity index (χ1) is 10.4. The second kappa shape index (κ2) is 8.62. The Bertz CT molecular complexity index is 359. The number of hydrogen-bond donors (Lipinski definition) is 7. The van der Waals surface area contributed by atoms with Gasteiger partial charge in [-0.2, -0.15) is 0 Å². The predicted octanol–water partition coefficient (Wildman–Crippen LogP) is -4.15. The van der Waals surface area contributed by atoms with E-state index in [2.05, 4.69) is 0 Å². The van der Waals surface area contributed by atoms with Crippen LogP contribution in [0, 0.1) is 0 Å². The molecule has 9 atom stereocenters. The molecule has 2 rings (SSSR count). The summed E-state index contributed by atoms with van der Waals surface area (Å²) in [5.41, 5.74) is 11.4. The summed E-state index contributed by atoms with van der Waals surface area (Å²) < 4.78 is 16.1. The summed E-state index contributed by atoms with van der Waals surface area (Å²) in [7, 11) is 0. The third-order valence-corrected chi connectivity index (χ3v) is 4.04. The Morgan fingerprint density at radius 3 is 2.13 bits per heavy atom. The molecule has 0 aromatic carbocycles. The van der Waals surface area contributed by atoms with Crippen LogP contribution < -0.4 is 11.5 Å². The van der Waals surface area contributed by atoms with Crippen molar-refractivity contribution in [3.05, 3.63) is 0 Å². The second-order valence-corrected chi connectivity index (χ2v) is 5.59. The average molecular weight is 340 g/mol. The fourth-order valence-electron chi connectivity index (χ4n) is 2.60. The van der Waals surface area contributed by atoms with Crippen LogP contribution >= 0.6 is 0 Å². The summed E-state index contributed by atoms with van der Waals surface area (Å²) in [6.45, 7) is -0.896. The van der Waals surface area contributed by atoms with Gasteiger partial charge in [0.25, 0.3) is 0 Å². The molecule has 2 saturated heterocycles. The molecule has 0 bridgehead atoms. The smallest absolute Gasteiger partial charge is 0.176 e. The molecule has 0 aromatic rings. The van der Waals surface area contributed by atoms with Crippen molar-refractivity contribution in [2.45, 2.75) is 62.4 Å². The highest BCUT2D eigenvalue weighted by atomic mass is 16.7. The Labute approximate surface area is 134 Å². The van der Waals surface area contributed by atoms with Crippen molar-refractivity contribution in [1.29, 1.82) is 0 Å². The lowest BCUT2D eigenvalue weighted by Gasteiger charge is -2.45. The zero-order chi connectivity index (χ0) is 16.4. The van der Waals surface area contributed by atoms with E-state index >= 15 is 0 Å². The third kappa shape index (κ3) is 4.17. The number of ether oxygens (including phenoxy) is 3. The molecule has 10 nitrogen and oxygen atoms in total. The molecule has 4 unspecified atom stereocenters. The SMILES string of the molecule is C.NC1[C@H](O[C@H]2C(CO)OCC(N)[C@@H]2O)OC(CO)[C@H](O)[C@H]1O. The van der Waals surface area contributed by atoms with Crippen molar-refractivity contribution < 1.29 is 39.7 Å². The van der Waals surface area contributed by atoms with E-state index in [0.29, 0.717) is 0 Å². The molecule has 2 aliphatic heterocycles. The molecule has 9 N–H and O–H groups in total. The van der Waals surface area contributed by atoms with Gasteiger partial charge >= 0.3 is 0 Å². The Kier molecular flexibility index (Phi) is 7.74. The highest BCUT2D eigenvalue weighted by molar-refractivity contribution is 4.95. The third-order valence-electron chi connectivity index (χ3n) is 4.04. The number of aliphatic hydroxyl groups is 5. The van der Waals surface area contributed by atoms with Crippen molar-refractivity contribution in [3.63, 3.8) is 0 Å². The van der Waals surface area contributed by atoms with Crippen LogP contribution in [-0.4, -0.2) is 100 Å². The molecule has 0 radical (unpaired) electrons.